The van der Waals surface area contributed by atoms with E-state index in [1.165, 1.54) is 18.2 Å². The number of nitriles is 1. The summed E-state index contributed by atoms with van der Waals surface area (Å²) in [5.41, 5.74) is 7.63. The van der Waals surface area contributed by atoms with Gasteiger partial charge in [0.1, 0.15) is 29.0 Å². The van der Waals surface area contributed by atoms with Gasteiger partial charge in [-0.1, -0.05) is 29.8 Å². The summed E-state index contributed by atoms with van der Waals surface area (Å²) in [6.45, 7) is 0. The molecule has 30 heavy (non-hydrogen) atoms. The van der Waals surface area contributed by atoms with Gasteiger partial charge < -0.3 is 15.2 Å². The lowest BCUT2D eigenvalue weighted by Crippen LogP contribution is -2.21. The Balaban J connectivity index is 1.69. The Morgan fingerprint density at radius 2 is 1.90 bits per heavy atom. The normalized spacial score (nSPS) is 15.0. The number of hydrogen-bond donors (Lipinski definition) is 1. The van der Waals surface area contributed by atoms with Gasteiger partial charge in [-0.2, -0.15) is 5.26 Å². The smallest absolute Gasteiger partial charge is 0.343 e. The molecule has 0 fully saturated rings. The van der Waals surface area contributed by atoms with Crippen molar-refractivity contribution in [2.45, 2.75) is 5.92 Å². The quantitative estimate of drug-likeness (QED) is 0.480. The Morgan fingerprint density at radius 3 is 2.60 bits per heavy atom. The van der Waals surface area contributed by atoms with Gasteiger partial charge >= 0.3 is 5.97 Å². The van der Waals surface area contributed by atoms with Crippen molar-refractivity contribution in [3.63, 3.8) is 0 Å². The number of ether oxygens (including phenoxy) is 2. The first-order valence-corrected chi connectivity index (χ1v) is 9.29. The molecule has 0 amide bonds. The van der Waals surface area contributed by atoms with E-state index in [9.17, 15) is 14.4 Å². The van der Waals surface area contributed by atoms with Crippen molar-refractivity contribution in [3.8, 4) is 17.6 Å². The number of nitrogens with two attached hydrogens (primary N) is 1. The SMILES string of the molecule is N#CC1=C(N)Oc2cc(OC(=O)c3ccc(Cl)cc3)ccc2C1c1cccc(F)c1. The number of halogens is 2. The van der Waals surface area contributed by atoms with Crippen LogP contribution in [0.3, 0.4) is 0 Å². The zero-order valence-electron chi connectivity index (χ0n) is 15.4. The Kier molecular flexibility index (Phi) is 5.13. The summed E-state index contributed by atoms with van der Waals surface area (Å²) in [4.78, 5) is 12.4. The second kappa shape index (κ2) is 7.90. The van der Waals surface area contributed by atoms with E-state index in [1.807, 2.05) is 6.07 Å². The van der Waals surface area contributed by atoms with Gasteiger partial charge in [-0.3, -0.25) is 0 Å². The molecular weight excluding hydrogens is 407 g/mol. The van der Waals surface area contributed by atoms with Crippen molar-refractivity contribution in [3.05, 3.63) is 106 Å². The van der Waals surface area contributed by atoms with Gasteiger partial charge in [0, 0.05) is 16.7 Å². The molecule has 5 nitrogen and oxygen atoms in total. The standard InChI is InChI=1S/C23H14ClFN2O3/c24-15-6-4-13(5-7-15)23(28)29-17-8-9-18-20(11-17)30-22(27)19(12-26)21(18)14-2-1-3-16(25)10-14/h1-11,21H,27H2. The Labute approximate surface area is 176 Å². The summed E-state index contributed by atoms with van der Waals surface area (Å²) in [5, 5.41) is 10.1. The number of fused-ring (bicyclic) bond motifs is 1. The van der Waals surface area contributed by atoms with Crippen LogP contribution < -0.4 is 15.2 Å². The fourth-order valence-electron chi connectivity index (χ4n) is 3.28. The average Bonchev–Trinajstić information content (AvgIpc) is 2.73. The van der Waals surface area contributed by atoms with Crippen molar-refractivity contribution in [1.29, 1.82) is 5.26 Å². The number of benzene rings is 3. The van der Waals surface area contributed by atoms with Gasteiger partial charge in [0.05, 0.1) is 11.5 Å². The number of carbonyl (C=O) groups excluding carboxylic acids is 1. The minimum atomic E-state index is -0.601. The highest BCUT2D eigenvalue weighted by molar-refractivity contribution is 6.30. The lowest BCUT2D eigenvalue weighted by Gasteiger charge is -2.26. The molecule has 1 atom stereocenters. The zero-order chi connectivity index (χ0) is 21.3. The lowest BCUT2D eigenvalue weighted by molar-refractivity contribution is 0.0734. The fourth-order valence-corrected chi connectivity index (χ4v) is 3.41. The average molecular weight is 421 g/mol. The van der Waals surface area contributed by atoms with Crippen LogP contribution in [-0.4, -0.2) is 5.97 Å². The van der Waals surface area contributed by atoms with Gasteiger partial charge in [0.2, 0.25) is 5.88 Å². The molecule has 0 spiro atoms. The van der Waals surface area contributed by atoms with Gasteiger partial charge in [0.25, 0.3) is 0 Å². The van der Waals surface area contributed by atoms with Crippen LogP contribution in [0.1, 0.15) is 27.4 Å². The molecular formula is C23H14ClFN2O3. The van der Waals surface area contributed by atoms with Crippen LogP contribution >= 0.6 is 11.6 Å². The Morgan fingerprint density at radius 1 is 1.13 bits per heavy atom. The van der Waals surface area contributed by atoms with Gasteiger partial charge in [0.15, 0.2) is 0 Å². The third-order valence-corrected chi connectivity index (χ3v) is 4.91. The summed E-state index contributed by atoms with van der Waals surface area (Å²) in [6, 6.07) is 19.0. The van der Waals surface area contributed by atoms with E-state index in [-0.39, 0.29) is 17.2 Å². The number of allylic oxidation sites excluding steroid dienone is 1. The molecule has 1 heterocycles. The zero-order valence-corrected chi connectivity index (χ0v) is 16.2. The molecule has 148 valence electrons. The maximum Gasteiger partial charge on any atom is 0.343 e. The molecule has 1 unspecified atom stereocenters. The number of carbonyl (C=O) groups is 1. The molecule has 0 saturated carbocycles. The minimum Gasteiger partial charge on any atom is -0.440 e. The van der Waals surface area contributed by atoms with Crippen LogP contribution in [0.2, 0.25) is 5.02 Å². The molecule has 0 aliphatic carbocycles. The topological polar surface area (TPSA) is 85.3 Å². The molecule has 7 heteroatoms. The van der Waals surface area contributed by atoms with E-state index >= 15 is 0 Å². The van der Waals surface area contributed by atoms with Crippen molar-refractivity contribution in [2.75, 3.05) is 0 Å². The largest absolute Gasteiger partial charge is 0.440 e. The molecule has 2 N–H and O–H groups in total. The van der Waals surface area contributed by atoms with Crippen LogP contribution in [0.4, 0.5) is 4.39 Å². The Bertz CT molecular complexity index is 1220. The fraction of sp³-hybridized carbons (Fsp3) is 0.0435. The van der Waals surface area contributed by atoms with Crippen molar-refractivity contribution in [1.82, 2.24) is 0 Å². The predicted octanol–water partition coefficient (Wildman–Crippen LogP) is 4.92. The lowest BCUT2D eigenvalue weighted by atomic mass is 9.83. The number of nitrogens with zero attached hydrogens (tertiary/aromatic N) is 1. The van der Waals surface area contributed by atoms with Crippen LogP contribution in [-0.2, 0) is 0 Å². The maximum absolute atomic E-state index is 13.8. The summed E-state index contributed by atoms with van der Waals surface area (Å²) >= 11 is 5.84. The third-order valence-electron chi connectivity index (χ3n) is 4.66. The van der Waals surface area contributed by atoms with E-state index in [4.69, 9.17) is 26.8 Å². The van der Waals surface area contributed by atoms with E-state index in [2.05, 4.69) is 0 Å². The first-order chi connectivity index (χ1) is 14.5. The number of hydrogen-bond acceptors (Lipinski definition) is 5. The monoisotopic (exact) mass is 420 g/mol. The van der Waals surface area contributed by atoms with E-state index in [0.29, 0.717) is 27.5 Å². The molecule has 3 aromatic carbocycles. The van der Waals surface area contributed by atoms with Crippen LogP contribution in [0, 0.1) is 17.1 Å². The van der Waals surface area contributed by atoms with E-state index in [1.54, 1.807) is 48.5 Å². The number of esters is 1. The highest BCUT2D eigenvalue weighted by Gasteiger charge is 2.31. The third kappa shape index (κ3) is 3.71. The summed E-state index contributed by atoms with van der Waals surface area (Å²) in [5.74, 6) is -1.12. The Hall–Kier alpha value is -3.82. The first-order valence-electron chi connectivity index (χ1n) is 8.91. The molecule has 0 bridgehead atoms. The van der Waals surface area contributed by atoms with Crippen molar-refractivity contribution >= 4 is 17.6 Å². The van der Waals surface area contributed by atoms with Crippen LogP contribution in [0.25, 0.3) is 0 Å². The van der Waals surface area contributed by atoms with Crippen LogP contribution in [0.5, 0.6) is 11.5 Å². The van der Waals surface area contributed by atoms with Gasteiger partial charge in [-0.05, 0) is 48.0 Å². The minimum absolute atomic E-state index is 0.0829. The number of rotatable bonds is 3. The molecule has 0 aromatic heterocycles. The predicted molar refractivity (Wildman–Crippen MR) is 109 cm³/mol. The van der Waals surface area contributed by atoms with Gasteiger partial charge in [-0.25, -0.2) is 9.18 Å². The molecule has 1 aliphatic heterocycles. The van der Waals surface area contributed by atoms with Crippen molar-refractivity contribution < 1.29 is 18.7 Å². The summed E-state index contributed by atoms with van der Waals surface area (Å²) < 4.78 is 24.8. The second-order valence-electron chi connectivity index (χ2n) is 6.58. The highest BCUT2D eigenvalue weighted by atomic mass is 35.5. The van der Waals surface area contributed by atoms with Gasteiger partial charge in [-0.15, -0.1) is 0 Å². The highest BCUT2D eigenvalue weighted by Crippen LogP contribution is 2.43. The molecule has 4 rings (SSSR count). The summed E-state index contributed by atoms with van der Waals surface area (Å²) in [6.07, 6.45) is 0. The molecule has 0 saturated heterocycles. The maximum atomic E-state index is 13.8. The van der Waals surface area contributed by atoms with Crippen molar-refractivity contribution in [2.24, 2.45) is 5.73 Å². The molecule has 3 aromatic rings. The second-order valence-corrected chi connectivity index (χ2v) is 7.01. The molecule has 0 radical (unpaired) electrons. The first kappa shape index (κ1) is 19.5. The van der Waals surface area contributed by atoms with E-state index in [0.717, 1.165) is 0 Å². The van der Waals surface area contributed by atoms with E-state index < -0.39 is 17.7 Å². The molecule has 1 aliphatic rings. The summed E-state index contributed by atoms with van der Waals surface area (Å²) in [7, 11) is 0. The van der Waals surface area contributed by atoms with Crippen LogP contribution in [0.15, 0.2) is 78.2 Å².